The van der Waals surface area contributed by atoms with E-state index in [0.29, 0.717) is 16.9 Å². The molecule has 0 aromatic heterocycles. The second-order valence-electron chi connectivity index (χ2n) is 4.34. The molecule has 2 N–H and O–H groups in total. The van der Waals surface area contributed by atoms with E-state index < -0.39 is 11.8 Å². The summed E-state index contributed by atoms with van der Waals surface area (Å²) in [5, 5.41) is 5.17. The number of Topliss-reactive ketones (excluding diaryl/α,β-unsaturated/α-hetero) is 1. The third-order valence-corrected chi connectivity index (χ3v) is 3.02. The Balaban J connectivity index is 2.08. The van der Waals surface area contributed by atoms with Gasteiger partial charge < -0.3 is 10.6 Å². The van der Waals surface area contributed by atoms with E-state index in [1.807, 2.05) is 0 Å². The first-order chi connectivity index (χ1) is 9.95. The maximum Gasteiger partial charge on any atom is 0.323 e. The van der Waals surface area contributed by atoms with E-state index in [-0.39, 0.29) is 10.8 Å². The topological polar surface area (TPSA) is 58.2 Å². The van der Waals surface area contributed by atoms with Gasteiger partial charge in [-0.05, 0) is 37.3 Å². The zero-order chi connectivity index (χ0) is 15.4. The van der Waals surface area contributed by atoms with Gasteiger partial charge in [-0.3, -0.25) is 4.79 Å². The van der Waals surface area contributed by atoms with Crippen LogP contribution in [-0.4, -0.2) is 11.8 Å². The van der Waals surface area contributed by atoms with Gasteiger partial charge in [0.2, 0.25) is 0 Å². The van der Waals surface area contributed by atoms with Crippen LogP contribution in [0, 0.1) is 5.82 Å². The molecule has 108 valence electrons. The summed E-state index contributed by atoms with van der Waals surface area (Å²) in [5.74, 6) is -0.583. The normalized spacial score (nSPS) is 10.0. The molecule has 21 heavy (non-hydrogen) atoms. The van der Waals surface area contributed by atoms with Crippen molar-refractivity contribution in [3.8, 4) is 0 Å². The van der Waals surface area contributed by atoms with E-state index in [9.17, 15) is 14.0 Å². The lowest BCUT2D eigenvalue weighted by molar-refractivity contribution is 0.101. The van der Waals surface area contributed by atoms with Crippen LogP contribution < -0.4 is 10.6 Å². The number of urea groups is 1. The fourth-order valence-corrected chi connectivity index (χ4v) is 1.91. The Hall–Kier alpha value is -2.40. The number of anilines is 2. The molecule has 0 radical (unpaired) electrons. The number of hydrogen-bond donors (Lipinski definition) is 2. The number of amides is 2. The molecule has 4 nitrogen and oxygen atoms in total. The summed E-state index contributed by atoms with van der Waals surface area (Å²) in [6.45, 7) is 1.44. The lowest BCUT2D eigenvalue weighted by Gasteiger charge is -2.09. The molecular formula is C15H12ClFN2O2. The predicted molar refractivity (Wildman–Crippen MR) is 80.5 cm³/mol. The predicted octanol–water partition coefficient (Wildman–Crippen LogP) is 4.33. The Morgan fingerprint density at radius 2 is 1.86 bits per heavy atom. The number of hydrogen-bond acceptors (Lipinski definition) is 2. The van der Waals surface area contributed by atoms with Gasteiger partial charge in [0.25, 0.3) is 0 Å². The van der Waals surface area contributed by atoms with E-state index in [4.69, 9.17) is 11.6 Å². The quantitative estimate of drug-likeness (QED) is 0.829. The summed E-state index contributed by atoms with van der Waals surface area (Å²) in [6, 6.07) is 9.66. The van der Waals surface area contributed by atoms with Gasteiger partial charge in [-0.15, -0.1) is 0 Å². The Bertz CT molecular complexity index is 704. The van der Waals surface area contributed by atoms with Gasteiger partial charge in [-0.1, -0.05) is 23.7 Å². The second-order valence-corrected chi connectivity index (χ2v) is 4.75. The van der Waals surface area contributed by atoms with Crippen LogP contribution in [0.3, 0.4) is 0 Å². The van der Waals surface area contributed by atoms with Crippen molar-refractivity contribution < 1.29 is 14.0 Å². The highest BCUT2D eigenvalue weighted by Gasteiger charge is 2.08. The minimum atomic E-state index is -0.538. The van der Waals surface area contributed by atoms with Crippen molar-refractivity contribution in [2.75, 3.05) is 10.6 Å². The van der Waals surface area contributed by atoms with Crippen LogP contribution in [0.1, 0.15) is 17.3 Å². The van der Waals surface area contributed by atoms with Crippen molar-refractivity contribution in [3.05, 3.63) is 58.9 Å². The largest absolute Gasteiger partial charge is 0.323 e. The van der Waals surface area contributed by atoms with Gasteiger partial charge in [0.15, 0.2) is 5.78 Å². The number of nitrogens with one attached hydrogen (secondary N) is 2. The molecule has 0 heterocycles. The molecule has 0 fully saturated rings. The molecule has 0 bridgehead atoms. The third kappa shape index (κ3) is 4.03. The van der Waals surface area contributed by atoms with E-state index >= 15 is 0 Å². The molecule has 2 rings (SSSR count). The highest BCUT2D eigenvalue weighted by Crippen LogP contribution is 2.22. The smallest absolute Gasteiger partial charge is 0.308 e. The Labute approximate surface area is 125 Å². The van der Waals surface area contributed by atoms with Gasteiger partial charge in [-0.25, -0.2) is 9.18 Å². The van der Waals surface area contributed by atoms with Gasteiger partial charge in [-0.2, -0.15) is 0 Å². The molecular weight excluding hydrogens is 295 g/mol. The molecule has 0 saturated carbocycles. The van der Waals surface area contributed by atoms with Gasteiger partial charge in [0.05, 0.1) is 10.7 Å². The van der Waals surface area contributed by atoms with Crippen molar-refractivity contribution in [1.82, 2.24) is 0 Å². The molecule has 2 aromatic rings. The van der Waals surface area contributed by atoms with Gasteiger partial charge >= 0.3 is 6.03 Å². The van der Waals surface area contributed by atoms with Crippen molar-refractivity contribution in [3.63, 3.8) is 0 Å². The first-order valence-corrected chi connectivity index (χ1v) is 6.47. The second kappa shape index (κ2) is 6.37. The van der Waals surface area contributed by atoms with Crippen LogP contribution >= 0.6 is 11.6 Å². The molecule has 0 spiro atoms. The Morgan fingerprint density at radius 3 is 2.52 bits per heavy atom. The average molecular weight is 307 g/mol. The van der Waals surface area contributed by atoms with Crippen LogP contribution in [0.4, 0.5) is 20.6 Å². The van der Waals surface area contributed by atoms with Crippen molar-refractivity contribution in [2.24, 2.45) is 0 Å². The van der Waals surface area contributed by atoms with E-state index in [2.05, 4.69) is 10.6 Å². The number of rotatable bonds is 3. The minimum Gasteiger partial charge on any atom is -0.308 e. The maximum absolute atomic E-state index is 12.9. The van der Waals surface area contributed by atoms with E-state index in [1.165, 1.54) is 19.1 Å². The monoisotopic (exact) mass is 306 g/mol. The van der Waals surface area contributed by atoms with Crippen molar-refractivity contribution >= 4 is 34.8 Å². The molecule has 0 unspecified atom stereocenters. The van der Waals surface area contributed by atoms with Gasteiger partial charge in [0, 0.05) is 11.3 Å². The fraction of sp³-hybridized carbons (Fsp3) is 0.0667. The lowest BCUT2D eigenvalue weighted by atomic mass is 10.1. The molecule has 2 amide bonds. The van der Waals surface area contributed by atoms with Crippen LogP contribution in [0.25, 0.3) is 0 Å². The molecule has 0 aliphatic heterocycles. The molecule has 2 aromatic carbocycles. The molecule has 0 atom stereocenters. The molecule has 0 aliphatic carbocycles. The number of halogens is 2. The number of carbonyl (C=O) groups excluding carboxylic acids is 2. The summed E-state index contributed by atoms with van der Waals surface area (Å²) in [5.41, 5.74) is 1.25. The van der Waals surface area contributed by atoms with E-state index in [1.54, 1.807) is 24.3 Å². The number of carbonyl (C=O) groups is 2. The third-order valence-electron chi connectivity index (χ3n) is 2.71. The summed E-state index contributed by atoms with van der Waals surface area (Å²) in [7, 11) is 0. The molecule has 0 saturated heterocycles. The lowest BCUT2D eigenvalue weighted by Crippen LogP contribution is -2.19. The summed E-state index contributed by atoms with van der Waals surface area (Å²) >= 11 is 5.82. The first kappa shape index (κ1) is 15.0. The number of benzene rings is 2. The fourth-order valence-electron chi connectivity index (χ4n) is 1.69. The standard InChI is InChI=1S/C15H12ClFN2O2/c1-9(20)10-3-2-4-12(7-10)18-15(21)19-14-6-5-11(17)8-13(14)16/h2-8H,1H3,(H2,18,19,21). The van der Waals surface area contributed by atoms with Crippen LogP contribution in [-0.2, 0) is 0 Å². The zero-order valence-corrected chi connectivity index (χ0v) is 11.9. The summed E-state index contributed by atoms with van der Waals surface area (Å²) < 4.78 is 12.9. The van der Waals surface area contributed by atoms with Crippen molar-refractivity contribution in [1.29, 1.82) is 0 Å². The Morgan fingerprint density at radius 1 is 1.10 bits per heavy atom. The molecule has 6 heteroatoms. The molecule has 0 aliphatic rings. The Kier molecular flexibility index (Phi) is 4.55. The maximum atomic E-state index is 12.9. The van der Waals surface area contributed by atoms with Crippen LogP contribution in [0.2, 0.25) is 5.02 Å². The average Bonchev–Trinajstić information content (AvgIpc) is 2.42. The SMILES string of the molecule is CC(=O)c1cccc(NC(=O)Nc2ccc(F)cc2Cl)c1. The first-order valence-electron chi connectivity index (χ1n) is 6.10. The number of ketones is 1. The minimum absolute atomic E-state index is 0.0966. The van der Waals surface area contributed by atoms with Gasteiger partial charge in [0.1, 0.15) is 5.82 Å². The summed E-state index contributed by atoms with van der Waals surface area (Å²) in [4.78, 5) is 23.1. The highest BCUT2D eigenvalue weighted by molar-refractivity contribution is 6.33. The van der Waals surface area contributed by atoms with Crippen molar-refractivity contribution in [2.45, 2.75) is 6.92 Å². The van der Waals surface area contributed by atoms with Crippen LogP contribution in [0.5, 0.6) is 0 Å². The van der Waals surface area contributed by atoms with E-state index in [0.717, 1.165) is 6.07 Å². The van der Waals surface area contributed by atoms with Crippen LogP contribution in [0.15, 0.2) is 42.5 Å². The summed E-state index contributed by atoms with van der Waals surface area (Å²) in [6.07, 6.45) is 0. The highest BCUT2D eigenvalue weighted by atomic mass is 35.5. The zero-order valence-electron chi connectivity index (χ0n) is 11.1.